The van der Waals surface area contributed by atoms with E-state index in [-0.39, 0.29) is 0 Å². The second-order valence-electron chi connectivity index (χ2n) is 4.49. The first kappa shape index (κ1) is 11.5. The highest BCUT2D eigenvalue weighted by atomic mass is 15.2. The number of nitrogens with zero attached hydrogens (tertiary/aromatic N) is 1. The zero-order valence-corrected chi connectivity index (χ0v) is 10.4. The van der Waals surface area contributed by atoms with Crippen molar-refractivity contribution in [1.29, 1.82) is 0 Å². The summed E-state index contributed by atoms with van der Waals surface area (Å²) >= 11 is 0. The first-order valence-electron chi connectivity index (χ1n) is 6.41. The monoisotopic (exact) mass is 218 g/mol. The van der Waals surface area contributed by atoms with Crippen molar-refractivity contribution < 1.29 is 0 Å². The van der Waals surface area contributed by atoms with Gasteiger partial charge in [-0.25, -0.2) is 0 Å². The van der Waals surface area contributed by atoms with Crippen LogP contribution in [0, 0.1) is 0 Å². The highest BCUT2D eigenvalue weighted by molar-refractivity contribution is 5.54. The third-order valence-corrected chi connectivity index (χ3v) is 3.46. The van der Waals surface area contributed by atoms with Crippen LogP contribution in [0.5, 0.6) is 0 Å². The molecule has 2 nitrogen and oxygen atoms in total. The molecule has 1 heterocycles. The smallest absolute Gasteiger partial charge is 0.0399 e. The molecule has 0 amide bonds. The zero-order valence-electron chi connectivity index (χ0n) is 10.4. The molecular formula is C14H22N2. The first-order chi connectivity index (χ1) is 7.85. The molecule has 88 valence electrons. The number of aryl methyl sites for hydroxylation is 1. The maximum Gasteiger partial charge on any atom is 0.0399 e. The fourth-order valence-corrected chi connectivity index (χ4v) is 2.44. The van der Waals surface area contributed by atoms with Crippen LogP contribution in [0.4, 0.5) is 5.69 Å². The molecule has 0 spiro atoms. The van der Waals surface area contributed by atoms with Crippen molar-refractivity contribution in [3.63, 3.8) is 0 Å². The molecule has 1 fully saturated rings. The summed E-state index contributed by atoms with van der Waals surface area (Å²) in [5, 5.41) is 3.56. The SMILES string of the molecule is CCc1ccccc1N1CCNC(CC)C1. The number of benzene rings is 1. The molecule has 2 heteroatoms. The van der Waals surface area contributed by atoms with Crippen molar-refractivity contribution in [3.8, 4) is 0 Å². The highest BCUT2D eigenvalue weighted by Gasteiger charge is 2.19. The predicted molar refractivity (Wildman–Crippen MR) is 70.1 cm³/mol. The number of nitrogens with one attached hydrogen (secondary N) is 1. The van der Waals surface area contributed by atoms with Crippen molar-refractivity contribution >= 4 is 5.69 Å². The Kier molecular flexibility index (Phi) is 3.83. The van der Waals surface area contributed by atoms with E-state index in [9.17, 15) is 0 Å². The van der Waals surface area contributed by atoms with Gasteiger partial charge in [0.2, 0.25) is 0 Å². The van der Waals surface area contributed by atoms with Crippen molar-refractivity contribution in [2.24, 2.45) is 0 Å². The van der Waals surface area contributed by atoms with Gasteiger partial charge in [-0.2, -0.15) is 0 Å². The van der Waals surface area contributed by atoms with Crippen molar-refractivity contribution in [3.05, 3.63) is 29.8 Å². The molecule has 0 saturated carbocycles. The Labute approximate surface area is 98.7 Å². The summed E-state index contributed by atoms with van der Waals surface area (Å²) in [7, 11) is 0. The molecule has 1 N–H and O–H groups in total. The maximum absolute atomic E-state index is 3.56. The summed E-state index contributed by atoms with van der Waals surface area (Å²) in [4.78, 5) is 2.53. The Morgan fingerprint density at radius 2 is 2.12 bits per heavy atom. The normalized spacial score (nSPS) is 21.1. The van der Waals surface area contributed by atoms with Crippen LogP contribution in [0.1, 0.15) is 25.8 Å². The lowest BCUT2D eigenvalue weighted by Gasteiger charge is -2.36. The number of rotatable bonds is 3. The van der Waals surface area contributed by atoms with Gasteiger partial charge in [-0.15, -0.1) is 0 Å². The Bertz CT molecular complexity index is 335. The van der Waals surface area contributed by atoms with E-state index in [4.69, 9.17) is 0 Å². The summed E-state index contributed by atoms with van der Waals surface area (Å²) in [5.41, 5.74) is 2.91. The van der Waals surface area contributed by atoms with Gasteiger partial charge in [0.05, 0.1) is 0 Å². The van der Waals surface area contributed by atoms with Crippen LogP contribution in [-0.4, -0.2) is 25.7 Å². The fraction of sp³-hybridized carbons (Fsp3) is 0.571. The third kappa shape index (κ3) is 2.38. The van der Waals surface area contributed by atoms with Gasteiger partial charge in [0.1, 0.15) is 0 Å². The Morgan fingerprint density at radius 3 is 2.88 bits per heavy atom. The second-order valence-corrected chi connectivity index (χ2v) is 4.49. The maximum atomic E-state index is 3.56. The molecule has 0 radical (unpaired) electrons. The van der Waals surface area contributed by atoms with E-state index >= 15 is 0 Å². The fourth-order valence-electron chi connectivity index (χ4n) is 2.44. The Morgan fingerprint density at radius 1 is 1.31 bits per heavy atom. The Hall–Kier alpha value is -1.02. The molecule has 1 aliphatic heterocycles. The molecule has 1 saturated heterocycles. The predicted octanol–water partition coefficient (Wildman–Crippen LogP) is 2.44. The van der Waals surface area contributed by atoms with Crippen LogP contribution in [0.3, 0.4) is 0 Å². The topological polar surface area (TPSA) is 15.3 Å². The van der Waals surface area contributed by atoms with Crippen LogP contribution in [-0.2, 0) is 6.42 Å². The number of hydrogen-bond donors (Lipinski definition) is 1. The van der Waals surface area contributed by atoms with E-state index in [0.29, 0.717) is 6.04 Å². The van der Waals surface area contributed by atoms with Gasteiger partial charge in [-0.05, 0) is 24.5 Å². The minimum Gasteiger partial charge on any atom is -0.368 e. The minimum atomic E-state index is 0.652. The van der Waals surface area contributed by atoms with E-state index in [1.807, 2.05) is 0 Å². The number of anilines is 1. The standard InChI is InChI=1S/C14H22N2/c1-3-12-7-5-6-8-14(12)16-10-9-15-13(4-2)11-16/h5-8,13,15H,3-4,9-11H2,1-2H3. The van der Waals surface area contributed by atoms with E-state index in [1.54, 1.807) is 0 Å². The summed E-state index contributed by atoms with van der Waals surface area (Å²) in [6.45, 7) is 7.88. The van der Waals surface area contributed by atoms with Crippen LogP contribution < -0.4 is 10.2 Å². The number of para-hydroxylation sites is 1. The van der Waals surface area contributed by atoms with E-state index in [1.165, 1.54) is 17.7 Å². The van der Waals surface area contributed by atoms with Gasteiger partial charge in [-0.1, -0.05) is 32.0 Å². The Balaban J connectivity index is 2.16. The first-order valence-corrected chi connectivity index (χ1v) is 6.41. The van der Waals surface area contributed by atoms with Gasteiger partial charge in [-0.3, -0.25) is 0 Å². The summed E-state index contributed by atoms with van der Waals surface area (Å²) in [5.74, 6) is 0. The van der Waals surface area contributed by atoms with Gasteiger partial charge in [0, 0.05) is 31.4 Å². The number of piperazine rings is 1. The zero-order chi connectivity index (χ0) is 11.4. The van der Waals surface area contributed by atoms with Gasteiger partial charge < -0.3 is 10.2 Å². The van der Waals surface area contributed by atoms with Gasteiger partial charge in [0.25, 0.3) is 0 Å². The molecule has 2 rings (SSSR count). The minimum absolute atomic E-state index is 0.652. The molecule has 0 aliphatic carbocycles. The molecule has 1 atom stereocenters. The largest absolute Gasteiger partial charge is 0.368 e. The summed E-state index contributed by atoms with van der Waals surface area (Å²) in [6.07, 6.45) is 2.34. The van der Waals surface area contributed by atoms with Gasteiger partial charge >= 0.3 is 0 Å². The molecule has 0 aromatic heterocycles. The second kappa shape index (κ2) is 5.35. The van der Waals surface area contributed by atoms with Crippen LogP contribution in [0.25, 0.3) is 0 Å². The summed E-state index contributed by atoms with van der Waals surface area (Å²) in [6, 6.07) is 9.45. The highest BCUT2D eigenvalue weighted by Crippen LogP contribution is 2.22. The van der Waals surface area contributed by atoms with Crippen molar-refractivity contribution in [2.45, 2.75) is 32.7 Å². The molecule has 1 unspecified atom stereocenters. The average molecular weight is 218 g/mol. The van der Waals surface area contributed by atoms with Crippen molar-refractivity contribution in [2.75, 3.05) is 24.5 Å². The lowest BCUT2D eigenvalue weighted by Crippen LogP contribution is -2.50. The van der Waals surface area contributed by atoms with E-state index < -0.39 is 0 Å². The van der Waals surface area contributed by atoms with E-state index in [0.717, 1.165) is 26.1 Å². The quantitative estimate of drug-likeness (QED) is 0.838. The molecule has 0 bridgehead atoms. The van der Waals surface area contributed by atoms with E-state index in [2.05, 4.69) is 48.3 Å². The molecule has 16 heavy (non-hydrogen) atoms. The third-order valence-electron chi connectivity index (χ3n) is 3.46. The van der Waals surface area contributed by atoms with Crippen molar-refractivity contribution in [1.82, 2.24) is 5.32 Å². The summed E-state index contributed by atoms with van der Waals surface area (Å²) < 4.78 is 0. The van der Waals surface area contributed by atoms with Crippen LogP contribution in [0.15, 0.2) is 24.3 Å². The van der Waals surface area contributed by atoms with Gasteiger partial charge in [0.15, 0.2) is 0 Å². The van der Waals surface area contributed by atoms with Crippen LogP contribution >= 0.6 is 0 Å². The van der Waals surface area contributed by atoms with Crippen LogP contribution in [0.2, 0.25) is 0 Å². The number of hydrogen-bond acceptors (Lipinski definition) is 2. The molecular weight excluding hydrogens is 196 g/mol. The molecule has 1 aromatic carbocycles. The lowest BCUT2D eigenvalue weighted by molar-refractivity contribution is 0.446. The average Bonchev–Trinajstić information content (AvgIpc) is 2.38. The lowest BCUT2D eigenvalue weighted by atomic mass is 10.1. The molecule has 1 aliphatic rings. The molecule has 1 aromatic rings.